The van der Waals surface area contributed by atoms with Crippen LogP contribution in [-0.4, -0.2) is 32.6 Å². The van der Waals surface area contributed by atoms with E-state index in [1.54, 1.807) is 19.2 Å². The van der Waals surface area contributed by atoms with Gasteiger partial charge in [-0.15, -0.1) is 0 Å². The third kappa shape index (κ3) is 3.99. The van der Waals surface area contributed by atoms with Gasteiger partial charge < -0.3 is 10.2 Å². The minimum atomic E-state index is -4.30. The van der Waals surface area contributed by atoms with Crippen LogP contribution in [0.25, 0.3) is 0 Å². The van der Waals surface area contributed by atoms with Crippen LogP contribution in [0.3, 0.4) is 0 Å². The summed E-state index contributed by atoms with van der Waals surface area (Å²) in [6, 6.07) is 5.45. The molecule has 0 amide bonds. The quantitative estimate of drug-likeness (QED) is 0.875. The van der Waals surface area contributed by atoms with Gasteiger partial charge in [0.05, 0.1) is 5.56 Å². The predicted molar refractivity (Wildman–Crippen MR) is 66.4 cm³/mol. The van der Waals surface area contributed by atoms with Gasteiger partial charge in [-0.1, -0.05) is 18.2 Å². The molecule has 2 nitrogen and oxygen atoms in total. The molecular formula is C13H19F3N2. The van der Waals surface area contributed by atoms with Crippen LogP contribution < -0.4 is 5.32 Å². The molecule has 1 aromatic carbocycles. The first-order valence-corrected chi connectivity index (χ1v) is 5.84. The van der Waals surface area contributed by atoms with Gasteiger partial charge in [0.25, 0.3) is 0 Å². The van der Waals surface area contributed by atoms with Gasteiger partial charge in [0.1, 0.15) is 0 Å². The molecule has 0 aromatic heterocycles. The van der Waals surface area contributed by atoms with Crippen LogP contribution in [0.2, 0.25) is 0 Å². The molecule has 1 atom stereocenters. The number of hydrogen-bond acceptors (Lipinski definition) is 2. The highest BCUT2D eigenvalue weighted by Crippen LogP contribution is 2.35. The molecule has 0 aliphatic rings. The summed E-state index contributed by atoms with van der Waals surface area (Å²) in [6.07, 6.45) is -3.67. The second-order valence-corrected chi connectivity index (χ2v) is 4.52. The fraction of sp³-hybridized carbons (Fsp3) is 0.538. The molecule has 0 bridgehead atoms. The van der Waals surface area contributed by atoms with E-state index >= 15 is 0 Å². The zero-order valence-electron chi connectivity index (χ0n) is 10.9. The van der Waals surface area contributed by atoms with E-state index < -0.39 is 11.7 Å². The lowest BCUT2D eigenvalue weighted by Gasteiger charge is -2.22. The molecule has 102 valence electrons. The Labute approximate surface area is 106 Å². The Morgan fingerprint density at radius 1 is 1.22 bits per heavy atom. The highest BCUT2D eigenvalue weighted by atomic mass is 19.4. The van der Waals surface area contributed by atoms with Crippen molar-refractivity contribution in [2.45, 2.75) is 18.6 Å². The molecule has 0 aliphatic heterocycles. The standard InChI is InChI=1S/C13H19F3N2/c1-17-12(8-9-18(2)3)10-6-4-5-7-11(10)13(14,15)16/h4-7,12,17H,8-9H2,1-3H3. The van der Waals surface area contributed by atoms with Gasteiger partial charge in [-0.25, -0.2) is 0 Å². The maximum absolute atomic E-state index is 12.9. The maximum atomic E-state index is 12.9. The van der Waals surface area contributed by atoms with Crippen LogP contribution in [0.15, 0.2) is 24.3 Å². The van der Waals surface area contributed by atoms with Crippen molar-refractivity contribution in [3.63, 3.8) is 0 Å². The molecule has 1 rings (SSSR count). The smallest absolute Gasteiger partial charge is 0.313 e. The monoisotopic (exact) mass is 260 g/mol. The lowest BCUT2D eigenvalue weighted by atomic mass is 9.97. The number of benzene rings is 1. The van der Waals surface area contributed by atoms with Crippen LogP contribution in [0.4, 0.5) is 13.2 Å². The molecule has 1 N–H and O–H groups in total. The molecule has 0 saturated carbocycles. The Morgan fingerprint density at radius 2 is 1.83 bits per heavy atom. The lowest BCUT2D eigenvalue weighted by Crippen LogP contribution is -2.25. The van der Waals surface area contributed by atoms with Gasteiger partial charge in [0, 0.05) is 6.04 Å². The van der Waals surface area contributed by atoms with Gasteiger partial charge in [-0.05, 0) is 45.7 Å². The molecule has 18 heavy (non-hydrogen) atoms. The summed E-state index contributed by atoms with van der Waals surface area (Å²) in [5.74, 6) is 0. The summed E-state index contributed by atoms with van der Waals surface area (Å²) in [5, 5.41) is 2.96. The summed E-state index contributed by atoms with van der Waals surface area (Å²) in [7, 11) is 5.50. The summed E-state index contributed by atoms with van der Waals surface area (Å²) in [4.78, 5) is 1.96. The van der Waals surface area contributed by atoms with Crippen molar-refractivity contribution in [2.75, 3.05) is 27.7 Å². The van der Waals surface area contributed by atoms with Crippen molar-refractivity contribution >= 4 is 0 Å². The van der Waals surface area contributed by atoms with E-state index in [-0.39, 0.29) is 6.04 Å². The normalized spacial score (nSPS) is 13.9. The molecule has 1 unspecified atom stereocenters. The molecule has 0 fully saturated rings. The van der Waals surface area contributed by atoms with Gasteiger partial charge in [0.2, 0.25) is 0 Å². The second-order valence-electron chi connectivity index (χ2n) is 4.52. The minimum absolute atomic E-state index is 0.287. The van der Waals surface area contributed by atoms with Crippen LogP contribution >= 0.6 is 0 Å². The molecule has 0 radical (unpaired) electrons. The highest BCUT2D eigenvalue weighted by Gasteiger charge is 2.34. The van der Waals surface area contributed by atoms with Crippen molar-refractivity contribution in [2.24, 2.45) is 0 Å². The Hall–Kier alpha value is -1.07. The number of halogens is 3. The molecule has 0 heterocycles. The molecule has 0 aliphatic carbocycles. The average Bonchev–Trinajstić information content (AvgIpc) is 2.29. The summed E-state index contributed by atoms with van der Waals surface area (Å²) in [5.41, 5.74) is -0.238. The van der Waals surface area contributed by atoms with E-state index in [2.05, 4.69) is 5.32 Å². The van der Waals surface area contributed by atoms with Crippen LogP contribution in [0, 0.1) is 0 Å². The fourth-order valence-corrected chi connectivity index (χ4v) is 1.90. The average molecular weight is 260 g/mol. The lowest BCUT2D eigenvalue weighted by molar-refractivity contribution is -0.138. The first-order chi connectivity index (χ1) is 8.36. The summed E-state index contributed by atoms with van der Waals surface area (Å²) in [6.45, 7) is 0.734. The summed E-state index contributed by atoms with van der Waals surface area (Å²) < 4.78 is 38.7. The van der Waals surface area contributed by atoms with E-state index in [1.165, 1.54) is 6.07 Å². The zero-order valence-corrected chi connectivity index (χ0v) is 10.9. The van der Waals surface area contributed by atoms with E-state index in [9.17, 15) is 13.2 Å². The minimum Gasteiger partial charge on any atom is -0.313 e. The van der Waals surface area contributed by atoms with E-state index in [0.29, 0.717) is 12.0 Å². The zero-order chi connectivity index (χ0) is 13.8. The predicted octanol–water partition coefficient (Wildman–Crippen LogP) is 2.92. The largest absolute Gasteiger partial charge is 0.416 e. The second kappa shape index (κ2) is 6.20. The SMILES string of the molecule is CNC(CCN(C)C)c1ccccc1C(F)(F)F. The first kappa shape index (κ1) is 15.0. The number of nitrogens with one attached hydrogen (secondary N) is 1. The molecule has 0 saturated heterocycles. The molecule has 1 aromatic rings. The van der Waals surface area contributed by atoms with Crippen LogP contribution in [0.1, 0.15) is 23.6 Å². The van der Waals surface area contributed by atoms with Gasteiger partial charge in [-0.2, -0.15) is 13.2 Å². The van der Waals surface area contributed by atoms with Gasteiger partial charge in [-0.3, -0.25) is 0 Å². The first-order valence-electron chi connectivity index (χ1n) is 5.84. The highest BCUT2D eigenvalue weighted by molar-refractivity contribution is 5.32. The van der Waals surface area contributed by atoms with Crippen molar-refractivity contribution in [3.8, 4) is 0 Å². The number of nitrogens with zero attached hydrogens (tertiary/aromatic N) is 1. The topological polar surface area (TPSA) is 15.3 Å². The van der Waals surface area contributed by atoms with Gasteiger partial charge in [0.15, 0.2) is 0 Å². The third-order valence-corrected chi connectivity index (χ3v) is 2.86. The van der Waals surface area contributed by atoms with Crippen LogP contribution in [0.5, 0.6) is 0 Å². The summed E-state index contributed by atoms with van der Waals surface area (Å²) >= 11 is 0. The maximum Gasteiger partial charge on any atom is 0.416 e. The van der Waals surface area contributed by atoms with Crippen molar-refractivity contribution in [1.29, 1.82) is 0 Å². The van der Waals surface area contributed by atoms with Crippen molar-refractivity contribution in [3.05, 3.63) is 35.4 Å². The van der Waals surface area contributed by atoms with Crippen molar-refractivity contribution < 1.29 is 13.2 Å². The Balaban J connectivity index is 2.98. The number of alkyl halides is 3. The Kier molecular flexibility index (Phi) is 5.16. The van der Waals surface area contributed by atoms with Crippen LogP contribution in [-0.2, 0) is 6.18 Å². The Morgan fingerprint density at radius 3 is 2.33 bits per heavy atom. The molecular weight excluding hydrogens is 241 g/mol. The van der Waals surface area contributed by atoms with E-state index in [1.807, 2.05) is 19.0 Å². The van der Waals surface area contributed by atoms with E-state index in [0.717, 1.165) is 12.6 Å². The fourth-order valence-electron chi connectivity index (χ4n) is 1.90. The van der Waals surface area contributed by atoms with Crippen molar-refractivity contribution in [1.82, 2.24) is 10.2 Å². The van der Waals surface area contributed by atoms with Gasteiger partial charge >= 0.3 is 6.18 Å². The Bertz CT molecular complexity index is 375. The van der Waals surface area contributed by atoms with E-state index in [4.69, 9.17) is 0 Å². The number of rotatable bonds is 5. The number of hydrogen-bond donors (Lipinski definition) is 1. The molecule has 5 heteroatoms. The molecule has 0 spiro atoms. The third-order valence-electron chi connectivity index (χ3n) is 2.86.